The number of nitrogens with one attached hydrogen (secondary N) is 1. The molecule has 2 N–H and O–H groups in total. The van der Waals surface area contributed by atoms with Crippen LogP contribution in [0, 0.1) is 0 Å². The second kappa shape index (κ2) is 4.56. The predicted molar refractivity (Wildman–Crippen MR) is 44.9 cm³/mol. The van der Waals surface area contributed by atoms with Crippen molar-refractivity contribution in [2.75, 3.05) is 13.7 Å². The average molecular weight is 184 g/mol. The SMILES string of the molecule is CNC(=O)Cn1cc(CCO)nn1. The number of carbonyl (C=O) groups is 1. The van der Waals surface area contributed by atoms with E-state index in [1.54, 1.807) is 13.2 Å². The van der Waals surface area contributed by atoms with Crippen molar-refractivity contribution in [2.45, 2.75) is 13.0 Å². The first-order valence-corrected chi connectivity index (χ1v) is 3.96. The number of aromatic nitrogens is 3. The van der Waals surface area contributed by atoms with Gasteiger partial charge in [-0.25, -0.2) is 4.68 Å². The zero-order valence-electron chi connectivity index (χ0n) is 7.40. The summed E-state index contributed by atoms with van der Waals surface area (Å²) in [5, 5.41) is 18.6. The Labute approximate surface area is 75.6 Å². The molecule has 0 saturated heterocycles. The fraction of sp³-hybridized carbons (Fsp3) is 0.571. The topological polar surface area (TPSA) is 80.0 Å². The molecule has 0 unspecified atom stereocenters. The molecular weight excluding hydrogens is 172 g/mol. The fourth-order valence-corrected chi connectivity index (χ4v) is 0.871. The minimum absolute atomic E-state index is 0.0403. The van der Waals surface area contributed by atoms with E-state index >= 15 is 0 Å². The number of nitrogens with zero attached hydrogens (tertiary/aromatic N) is 3. The van der Waals surface area contributed by atoms with Crippen LogP contribution in [0.3, 0.4) is 0 Å². The van der Waals surface area contributed by atoms with Crippen LogP contribution < -0.4 is 5.32 Å². The Morgan fingerprint density at radius 1 is 1.77 bits per heavy atom. The van der Waals surface area contributed by atoms with Gasteiger partial charge in [-0.15, -0.1) is 5.10 Å². The number of hydrogen-bond acceptors (Lipinski definition) is 4. The van der Waals surface area contributed by atoms with E-state index < -0.39 is 0 Å². The second-order valence-corrected chi connectivity index (χ2v) is 2.55. The van der Waals surface area contributed by atoms with Gasteiger partial charge in [0.15, 0.2) is 0 Å². The van der Waals surface area contributed by atoms with Crippen LogP contribution in [-0.4, -0.2) is 39.7 Å². The van der Waals surface area contributed by atoms with Crippen molar-refractivity contribution in [1.29, 1.82) is 0 Å². The van der Waals surface area contributed by atoms with E-state index in [4.69, 9.17) is 5.11 Å². The maximum absolute atomic E-state index is 10.9. The van der Waals surface area contributed by atoms with Crippen LogP contribution in [0.1, 0.15) is 5.69 Å². The average Bonchev–Trinajstić information content (AvgIpc) is 2.53. The number of likely N-dealkylation sites (N-methyl/N-ethyl adjacent to an activating group) is 1. The molecule has 6 heteroatoms. The molecule has 72 valence electrons. The summed E-state index contributed by atoms with van der Waals surface area (Å²) in [6, 6.07) is 0. The van der Waals surface area contributed by atoms with Gasteiger partial charge in [0.2, 0.25) is 5.91 Å². The largest absolute Gasteiger partial charge is 0.396 e. The van der Waals surface area contributed by atoms with E-state index in [2.05, 4.69) is 15.6 Å². The Morgan fingerprint density at radius 3 is 3.15 bits per heavy atom. The lowest BCUT2D eigenvalue weighted by Crippen LogP contribution is -2.23. The summed E-state index contributed by atoms with van der Waals surface area (Å²) in [6.45, 7) is 0.202. The van der Waals surface area contributed by atoms with Gasteiger partial charge in [-0.05, 0) is 0 Å². The maximum Gasteiger partial charge on any atom is 0.241 e. The van der Waals surface area contributed by atoms with E-state index in [-0.39, 0.29) is 19.1 Å². The number of rotatable bonds is 4. The van der Waals surface area contributed by atoms with Gasteiger partial charge in [0.1, 0.15) is 6.54 Å². The molecule has 0 saturated carbocycles. The maximum atomic E-state index is 10.9. The van der Waals surface area contributed by atoms with Crippen molar-refractivity contribution in [1.82, 2.24) is 20.3 Å². The fourth-order valence-electron chi connectivity index (χ4n) is 0.871. The smallest absolute Gasteiger partial charge is 0.241 e. The third kappa shape index (κ3) is 2.83. The van der Waals surface area contributed by atoms with Gasteiger partial charge in [-0.3, -0.25) is 4.79 Å². The molecule has 1 heterocycles. The number of hydrogen-bond donors (Lipinski definition) is 2. The highest BCUT2D eigenvalue weighted by Crippen LogP contribution is 1.93. The third-order valence-electron chi connectivity index (χ3n) is 1.54. The van der Waals surface area contributed by atoms with Crippen LogP contribution in [0.2, 0.25) is 0 Å². The van der Waals surface area contributed by atoms with Crippen molar-refractivity contribution in [3.05, 3.63) is 11.9 Å². The zero-order valence-corrected chi connectivity index (χ0v) is 7.40. The van der Waals surface area contributed by atoms with Gasteiger partial charge in [-0.2, -0.15) is 0 Å². The van der Waals surface area contributed by atoms with E-state index in [9.17, 15) is 4.79 Å². The summed E-state index contributed by atoms with van der Waals surface area (Å²) in [6.07, 6.45) is 2.11. The van der Waals surface area contributed by atoms with E-state index in [1.165, 1.54) is 4.68 Å². The first kappa shape index (κ1) is 9.66. The summed E-state index contributed by atoms with van der Waals surface area (Å²) in [5.74, 6) is -0.125. The molecule has 6 nitrogen and oxygen atoms in total. The molecule has 13 heavy (non-hydrogen) atoms. The van der Waals surface area contributed by atoms with E-state index in [0.717, 1.165) is 0 Å². The number of aliphatic hydroxyl groups excluding tert-OH is 1. The summed E-state index contributed by atoms with van der Waals surface area (Å²) in [7, 11) is 1.56. The molecule has 0 fully saturated rings. The summed E-state index contributed by atoms with van der Waals surface area (Å²) in [5.41, 5.74) is 0.686. The van der Waals surface area contributed by atoms with Crippen molar-refractivity contribution in [2.24, 2.45) is 0 Å². The normalized spacial score (nSPS) is 10.0. The van der Waals surface area contributed by atoms with Gasteiger partial charge >= 0.3 is 0 Å². The van der Waals surface area contributed by atoms with Crippen LogP contribution in [0.25, 0.3) is 0 Å². The quantitative estimate of drug-likeness (QED) is 0.600. The highest BCUT2D eigenvalue weighted by molar-refractivity contribution is 5.75. The lowest BCUT2D eigenvalue weighted by molar-refractivity contribution is -0.121. The molecule has 1 rings (SSSR count). The van der Waals surface area contributed by atoms with Crippen molar-refractivity contribution in [3.63, 3.8) is 0 Å². The van der Waals surface area contributed by atoms with Gasteiger partial charge in [0.05, 0.1) is 5.69 Å². The number of amides is 1. The molecule has 0 spiro atoms. The highest BCUT2D eigenvalue weighted by atomic mass is 16.3. The molecule has 0 atom stereocenters. The van der Waals surface area contributed by atoms with Crippen LogP contribution in [0.4, 0.5) is 0 Å². The Kier molecular flexibility index (Phi) is 3.39. The molecule has 0 aliphatic heterocycles. The van der Waals surface area contributed by atoms with Crippen LogP contribution in [-0.2, 0) is 17.8 Å². The van der Waals surface area contributed by atoms with Crippen LogP contribution in [0.15, 0.2) is 6.20 Å². The molecule has 1 amide bonds. The zero-order chi connectivity index (χ0) is 9.68. The highest BCUT2D eigenvalue weighted by Gasteiger charge is 2.03. The van der Waals surface area contributed by atoms with Gasteiger partial charge in [0, 0.05) is 26.3 Å². The monoisotopic (exact) mass is 184 g/mol. The Balaban J connectivity index is 2.53. The van der Waals surface area contributed by atoms with Gasteiger partial charge in [0.25, 0.3) is 0 Å². The van der Waals surface area contributed by atoms with E-state index in [1.807, 2.05) is 0 Å². The van der Waals surface area contributed by atoms with Crippen molar-refractivity contribution >= 4 is 5.91 Å². The molecule has 1 aromatic heterocycles. The molecule has 0 aromatic carbocycles. The molecular formula is C7H12N4O2. The number of carbonyl (C=O) groups excluding carboxylic acids is 1. The standard InChI is InChI=1S/C7H12N4O2/c1-8-7(13)5-11-4-6(2-3-12)9-10-11/h4,12H,2-3,5H2,1H3,(H,8,13). The first-order valence-electron chi connectivity index (χ1n) is 3.96. The van der Waals surface area contributed by atoms with Crippen LogP contribution in [0.5, 0.6) is 0 Å². The summed E-state index contributed by atoms with van der Waals surface area (Å²) in [4.78, 5) is 10.9. The first-order chi connectivity index (χ1) is 6.26. The predicted octanol–water partition coefficient (Wildman–Crippen LogP) is -1.44. The molecule has 0 aliphatic rings. The number of aliphatic hydroxyl groups is 1. The van der Waals surface area contributed by atoms with Crippen molar-refractivity contribution in [3.8, 4) is 0 Å². The Bertz CT molecular complexity index is 284. The van der Waals surface area contributed by atoms with Gasteiger partial charge in [-0.1, -0.05) is 5.21 Å². The Hall–Kier alpha value is -1.43. The molecule has 0 bridgehead atoms. The second-order valence-electron chi connectivity index (χ2n) is 2.55. The minimum atomic E-state index is -0.125. The minimum Gasteiger partial charge on any atom is -0.396 e. The summed E-state index contributed by atoms with van der Waals surface area (Å²) >= 11 is 0. The molecule has 1 aromatic rings. The van der Waals surface area contributed by atoms with Gasteiger partial charge < -0.3 is 10.4 Å². The lowest BCUT2D eigenvalue weighted by Gasteiger charge is -1.96. The summed E-state index contributed by atoms with van der Waals surface area (Å²) < 4.78 is 1.43. The third-order valence-corrected chi connectivity index (χ3v) is 1.54. The lowest BCUT2D eigenvalue weighted by atomic mass is 10.3. The Morgan fingerprint density at radius 2 is 2.54 bits per heavy atom. The van der Waals surface area contributed by atoms with E-state index in [0.29, 0.717) is 12.1 Å². The van der Waals surface area contributed by atoms with Crippen molar-refractivity contribution < 1.29 is 9.90 Å². The molecule has 0 aliphatic carbocycles. The van der Waals surface area contributed by atoms with Crippen LogP contribution >= 0.6 is 0 Å². The molecule has 0 radical (unpaired) electrons.